The second kappa shape index (κ2) is 14.3. The van der Waals surface area contributed by atoms with Gasteiger partial charge in [-0.1, -0.05) is 77.2 Å². The summed E-state index contributed by atoms with van der Waals surface area (Å²) in [5, 5.41) is 6.45. The van der Waals surface area contributed by atoms with Crippen LogP contribution in [0.15, 0.2) is 60.7 Å². The maximum Gasteiger partial charge on any atom is 0.224 e. The second-order valence-corrected chi connectivity index (χ2v) is 7.82. The van der Waals surface area contributed by atoms with Gasteiger partial charge in [0.2, 0.25) is 5.91 Å². The van der Waals surface area contributed by atoms with Crippen molar-refractivity contribution in [2.24, 2.45) is 0 Å². The van der Waals surface area contributed by atoms with Gasteiger partial charge >= 0.3 is 0 Å². The lowest BCUT2D eigenvalue weighted by molar-refractivity contribution is -0.116. The molecule has 0 aliphatic rings. The van der Waals surface area contributed by atoms with E-state index in [1.54, 1.807) is 0 Å². The number of nitrogens with zero attached hydrogens (tertiary/aromatic N) is 1. The van der Waals surface area contributed by atoms with Crippen molar-refractivity contribution in [2.75, 3.05) is 36.0 Å². The Labute approximate surface area is 188 Å². The minimum absolute atomic E-state index is 0.0943. The quantitative estimate of drug-likeness (QED) is 0.172. The van der Waals surface area contributed by atoms with Crippen LogP contribution in [-0.4, -0.2) is 41.5 Å². The van der Waals surface area contributed by atoms with Crippen molar-refractivity contribution < 1.29 is 4.79 Å². The van der Waals surface area contributed by atoms with E-state index in [4.69, 9.17) is 0 Å². The maximum atomic E-state index is 12.0. The Morgan fingerprint density at radius 2 is 1.90 bits per heavy atom. The lowest BCUT2D eigenvalue weighted by atomic mass is 10.2. The highest BCUT2D eigenvalue weighted by molar-refractivity contribution is 14.1. The number of benzene rings is 2. The predicted molar refractivity (Wildman–Crippen MR) is 132 cm³/mol. The molecular weight excluding hydrogens is 473 g/mol. The molecule has 1 amide bonds. The summed E-state index contributed by atoms with van der Waals surface area (Å²) in [6.45, 7) is 5.93. The van der Waals surface area contributed by atoms with Gasteiger partial charge in [0.25, 0.3) is 0 Å². The highest BCUT2D eigenvalue weighted by Crippen LogP contribution is 2.10. The van der Waals surface area contributed by atoms with Crippen LogP contribution in [0.2, 0.25) is 0 Å². The number of nitrogens with one attached hydrogen (secondary N) is 2. The fourth-order valence-corrected chi connectivity index (χ4v) is 3.57. The Hall–Kier alpha value is -1.70. The first-order valence-corrected chi connectivity index (χ1v) is 11.8. The Kier molecular flexibility index (Phi) is 11.6. The molecule has 156 valence electrons. The van der Waals surface area contributed by atoms with Crippen molar-refractivity contribution in [3.8, 4) is 0 Å². The monoisotopic (exact) mass is 505 g/mol. The summed E-state index contributed by atoms with van der Waals surface area (Å²) >= 11 is 2.42. The van der Waals surface area contributed by atoms with Gasteiger partial charge in [-0.05, 0) is 49.6 Å². The first kappa shape index (κ1) is 23.6. The van der Waals surface area contributed by atoms with Crippen molar-refractivity contribution >= 4 is 40.3 Å². The van der Waals surface area contributed by atoms with E-state index in [9.17, 15) is 4.79 Å². The third-order valence-electron chi connectivity index (χ3n) is 4.56. The van der Waals surface area contributed by atoms with E-state index in [0.717, 1.165) is 54.8 Å². The van der Waals surface area contributed by atoms with E-state index < -0.39 is 0 Å². The van der Waals surface area contributed by atoms with Gasteiger partial charge in [0.15, 0.2) is 0 Å². The number of anilines is 1. The number of halogens is 1. The number of aryl methyl sites for hydroxylation is 1. The van der Waals surface area contributed by atoms with E-state index in [2.05, 4.69) is 74.5 Å². The van der Waals surface area contributed by atoms with Crippen LogP contribution in [0.25, 0.3) is 6.08 Å². The van der Waals surface area contributed by atoms with E-state index in [1.165, 1.54) is 5.56 Å². The molecule has 0 aliphatic carbocycles. The van der Waals surface area contributed by atoms with Gasteiger partial charge in [-0.2, -0.15) is 0 Å². The first-order valence-electron chi connectivity index (χ1n) is 10.2. The van der Waals surface area contributed by atoms with Gasteiger partial charge in [0.1, 0.15) is 0 Å². The Morgan fingerprint density at radius 3 is 2.66 bits per heavy atom. The van der Waals surface area contributed by atoms with Crippen molar-refractivity contribution in [2.45, 2.75) is 26.2 Å². The average Bonchev–Trinajstić information content (AvgIpc) is 2.72. The lowest BCUT2D eigenvalue weighted by Gasteiger charge is -2.17. The summed E-state index contributed by atoms with van der Waals surface area (Å²) in [6, 6.07) is 18.3. The largest absolute Gasteiger partial charge is 0.326 e. The van der Waals surface area contributed by atoms with Crippen LogP contribution in [0.5, 0.6) is 0 Å². The SMILES string of the molecule is Cc1cccc(NC(=O)CCCCNCCN(CI)C/C=C/c2ccccc2)c1. The molecule has 0 bridgehead atoms. The molecular formula is C24H32IN3O. The molecule has 5 heteroatoms. The summed E-state index contributed by atoms with van der Waals surface area (Å²) < 4.78 is 1.01. The van der Waals surface area contributed by atoms with E-state index in [0.29, 0.717) is 6.42 Å². The summed E-state index contributed by atoms with van der Waals surface area (Å²) in [7, 11) is 0. The summed E-state index contributed by atoms with van der Waals surface area (Å²) in [4.78, 5) is 14.4. The Bertz CT molecular complexity index is 749. The third-order valence-corrected chi connectivity index (χ3v) is 5.52. The molecule has 0 aromatic heterocycles. The van der Waals surface area contributed by atoms with Gasteiger partial charge in [0, 0.05) is 31.7 Å². The molecule has 29 heavy (non-hydrogen) atoms. The van der Waals surface area contributed by atoms with Crippen LogP contribution < -0.4 is 10.6 Å². The Morgan fingerprint density at radius 1 is 1.07 bits per heavy atom. The number of carbonyl (C=O) groups is 1. The molecule has 2 aromatic carbocycles. The zero-order valence-electron chi connectivity index (χ0n) is 17.2. The molecule has 0 spiro atoms. The molecule has 0 fully saturated rings. The predicted octanol–water partition coefficient (Wildman–Crippen LogP) is 5.10. The van der Waals surface area contributed by atoms with Crippen LogP contribution in [0.4, 0.5) is 5.69 Å². The standard InChI is InChI=1S/C24H32IN3O/c1-21-9-7-13-23(19-21)27-24(29)14-5-6-15-26-16-18-28(20-25)17-8-12-22-10-3-2-4-11-22/h2-4,7-13,19,26H,5-6,14-18,20H2,1H3,(H,27,29)/b12-8+. The molecule has 0 radical (unpaired) electrons. The molecule has 0 aliphatic heterocycles. The minimum atomic E-state index is 0.0943. The van der Waals surface area contributed by atoms with E-state index >= 15 is 0 Å². The zero-order valence-corrected chi connectivity index (χ0v) is 19.4. The van der Waals surface area contributed by atoms with Crippen LogP contribution >= 0.6 is 22.6 Å². The molecule has 0 unspecified atom stereocenters. The van der Waals surface area contributed by atoms with Crippen molar-refractivity contribution in [1.29, 1.82) is 0 Å². The normalized spacial score (nSPS) is 11.3. The summed E-state index contributed by atoms with van der Waals surface area (Å²) in [6.07, 6.45) is 6.88. The van der Waals surface area contributed by atoms with Crippen LogP contribution in [-0.2, 0) is 4.79 Å². The fraction of sp³-hybridized carbons (Fsp3) is 0.375. The summed E-state index contributed by atoms with van der Waals surface area (Å²) in [5.74, 6) is 0.0943. The molecule has 2 aromatic rings. The molecule has 2 rings (SSSR count). The van der Waals surface area contributed by atoms with Gasteiger partial charge in [-0.15, -0.1) is 0 Å². The van der Waals surface area contributed by atoms with Gasteiger partial charge in [0.05, 0.1) is 4.55 Å². The Balaban J connectivity index is 1.51. The first-order chi connectivity index (χ1) is 14.2. The van der Waals surface area contributed by atoms with Gasteiger partial charge in [-0.3, -0.25) is 9.69 Å². The van der Waals surface area contributed by atoms with Crippen molar-refractivity contribution in [3.05, 3.63) is 71.8 Å². The number of amides is 1. The topological polar surface area (TPSA) is 44.4 Å². The number of hydrogen-bond acceptors (Lipinski definition) is 3. The number of carbonyl (C=O) groups excluding carboxylic acids is 1. The molecule has 2 N–H and O–H groups in total. The van der Waals surface area contributed by atoms with E-state index in [-0.39, 0.29) is 5.91 Å². The molecule has 0 atom stereocenters. The average molecular weight is 505 g/mol. The number of alkyl halides is 1. The molecule has 0 saturated heterocycles. The van der Waals surface area contributed by atoms with Gasteiger partial charge in [-0.25, -0.2) is 0 Å². The number of hydrogen-bond donors (Lipinski definition) is 2. The fourth-order valence-electron chi connectivity index (χ4n) is 2.95. The van der Waals surface area contributed by atoms with Gasteiger partial charge < -0.3 is 10.6 Å². The maximum absolute atomic E-state index is 12.0. The number of unbranched alkanes of at least 4 members (excludes halogenated alkanes) is 1. The molecule has 0 saturated carbocycles. The third kappa shape index (κ3) is 10.6. The smallest absolute Gasteiger partial charge is 0.224 e. The molecule has 0 heterocycles. The van der Waals surface area contributed by atoms with E-state index in [1.807, 2.05) is 37.3 Å². The number of rotatable bonds is 13. The van der Waals surface area contributed by atoms with Crippen molar-refractivity contribution in [1.82, 2.24) is 10.2 Å². The highest BCUT2D eigenvalue weighted by atomic mass is 127. The zero-order chi connectivity index (χ0) is 20.7. The molecule has 4 nitrogen and oxygen atoms in total. The van der Waals surface area contributed by atoms with Crippen LogP contribution in [0, 0.1) is 6.92 Å². The lowest BCUT2D eigenvalue weighted by Crippen LogP contribution is -2.31. The second-order valence-electron chi connectivity index (χ2n) is 7.13. The van der Waals surface area contributed by atoms with Crippen LogP contribution in [0.1, 0.15) is 30.4 Å². The summed E-state index contributed by atoms with van der Waals surface area (Å²) in [5.41, 5.74) is 3.28. The highest BCUT2D eigenvalue weighted by Gasteiger charge is 2.03. The van der Waals surface area contributed by atoms with Crippen LogP contribution in [0.3, 0.4) is 0 Å². The van der Waals surface area contributed by atoms with Crippen molar-refractivity contribution in [3.63, 3.8) is 0 Å². The minimum Gasteiger partial charge on any atom is -0.326 e.